The number of fused-ring (bicyclic) bond motifs is 1. The number of carbonyl (C=O) groups is 2. The topological polar surface area (TPSA) is 90.6 Å². The van der Waals surface area contributed by atoms with Crippen molar-refractivity contribution in [1.82, 2.24) is 9.80 Å². The van der Waals surface area contributed by atoms with Gasteiger partial charge in [0.05, 0.1) is 34.9 Å². The molecule has 2 aliphatic rings. The van der Waals surface area contributed by atoms with E-state index in [0.29, 0.717) is 40.2 Å². The summed E-state index contributed by atoms with van der Waals surface area (Å²) in [5.74, 6) is 1.24. The third-order valence-electron chi connectivity index (χ3n) is 6.55. The maximum absolute atomic E-state index is 14.0. The summed E-state index contributed by atoms with van der Waals surface area (Å²) in [5.41, 5.74) is 2.93. The fourth-order valence-electron chi connectivity index (χ4n) is 4.36. The fraction of sp³-hybridized carbons (Fsp3) is 0.300. The van der Waals surface area contributed by atoms with Crippen LogP contribution >= 0.6 is 23.5 Å². The molecule has 2 aromatic carbocycles. The van der Waals surface area contributed by atoms with E-state index in [0.717, 1.165) is 33.6 Å². The molecule has 1 saturated heterocycles. The van der Waals surface area contributed by atoms with Crippen molar-refractivity contribution in [2.24, 2.45) is 4.99 Å². The molecule has 0 aliphatic carbocycles. The molecule has 2 aliphatic heterocycles. The first kappa shape index (κ1) is 28.8. The SMILES string of the molecule is CCNc1ccc(C(C)=O)cc1/N=C1/S/C(=C2\Sc3ccc(OCCN(C)C)cc3N2C)C(=O)N1Cc1ccco1. The number of Topliss-reactive ketones (excluding diaryl/α,β-unsaturated/α-hetero) is 1. The van der Waals surface area contributed by atoms with Crippen LogP contribution in [-0.2, 0) is 11.3 Å². The van der Waals surface area contributed by atoms with Gasteiger partial charge in [-0.2, -0.15) is 0 Å². The molecule has 1 aromatic heterocycles. The Kier molecular flexibility index (Phi) is 8.77. The van der Waals surface area contributed by atoms with E-state index < -0.39 is 0 Å². The smallest absolute Gasteiger partial charge is 0.269 e. The minimum absolute atomic E-state index is 0.0493. The van der Waals surface area contributed by atoms with Gasteiger partial charge >= 0.3 is 0 Å². The van der Waals surface area contributed by atoms with Crippen LogP contribution in [0, 0.1) is 0 Å². The number of aliphatic imine (C=N–C) groups is 1. The molecule has 1 amide bonds. The van der Waals surface area contributed by atoms with E-state index in [4.69, 9.17) is 14.1 Å². The summed E-state index contributed by atoms with van der Waals surface area (Å²) in [5, 5.41) is 4.66. The molecule has 9 nitrogen and oxygen atoms in total. The number of furan rings is 1. The van der Waals surface area contributed by atoms with Gasteiger partial charge in [-0.1, -0.05) is 11.8 Å². The van der Waals surface area contributed by atoms with Crippen molar-refractivity contribution in [1.29, 1.82) is 0 Å². The molecular weight excluding hydrogens is 558 g/mol. The third kappa shape index (κ3) is 6.32. The molecule has 0 radical (unpaired) electrons. The van der Waals surface area contributed by atoms with Crippen molar-refractivity contribution in [2.45, 2.75) is 25.3 Å². The summed E-state index contributed by atoms with van der Waals surface area (Å²) in [4.78, 5) is 38.4. The second-order valence-electron chi connectivity index (χ2n) is 9.86. The highest BCUT2D eigenvalue weighted by molar-refractivity contribution is 8.19. The molecule has 5 rings (SSSR count). The van der Waals surface area contributed by atoms with Crippen LogP contribution in [0.25, 0.3) is 0 Å². The van der Waals surface area contributed by atoms with E-state index in [1.807, 2.05) is 63.3 Å². The highest BCUT2D eigenvalue weighted by atomic mass is 32.2. The van der Waals surface area contributed by atoms with Gasteiger partial charge in [0, 0.05) is 36.7 Å². The minimum Gasteiger partial charge on any atom is -0.492 e. The molecular formula is C30H33N5O4S2. The lowest BCUT2D eigenvalue weighted by Crippen LogP contribution is -2.29. The van der Waals surface area contributed by atoms with E-state index in [-0.39, 0.29) is 18.2 Å². The van der Waals surface area contributed by atoms with Gasteiger partial charge in [0.2, 0.25) is 0 Å². The van der Waals surface area contributed by atoms with Gasteiger partial charge in [-0.15, -0.1) is 0 Å². The Labute approximate surface area is 248 Å². The number of benzene rings is 2. The second-order valence-corrected chi connectivity index (χ2v) is 11.9. The van der Waals surface area contributed by atoms with Crippen LogP contribution < -0.4 is 15.0 Å². The van der Waals surface area contributed by atoms with Crippen molar-refractivity contribution in [2.75, 3.05) is 51.1 Å². The molecule has 0 bridgehead atoms. The van der Waals surface area contributed by atoms with E-state index >= 15 is 0 Å². The van der Waals surface area contributed by atoms with Crippen LogP contribution in [0.2, 0.25) is 0 Å². The number of hydrogen-bond acceptors (Lipinski definition) is 10. The minimum atomic E-state index is -0.150. The van der Waals surface area contributed by atoms with Crippen LogP contribution in [-0.4, -0.2) is 67.5 Å². The monoisotopic (exact) mass is 591 g/mol. The average Bonchev–Trinajstić information content (AvgIpc) is 3.65. The largest absolute Gasteiger partial charge is 0.492 e. The molecule has 0 atom stereocenters. The Hall–Kier alpha value is -3.67. The lowest BCUT2D eigenvalue weighted by atomic mass is 10.1. The number of hydrogen-bond donors (Lipinski definition) is 1. The quantitative estimate of drug-likeness (QED) is 0.224. The predicted molar refractivity (Wildman–Crippen MR) is 166 cm³/mol. The molecule has 0 unspecified atom stereocenters. The van der Waals surface area contributed by atoms with Crippen molar-refractivity contribution in [3.63, 3.8) is 0 Å². The van der Waals surface area contributed by atoms with Crippen LogP contribution in [0.3, 0.4) is 0 Å². The zero-order valence-corrected chi connectivity index (χ0v) is 25.4. The van der Waals surface area contributed by atoms with Gasteiger partial charge in [0.25, 0.3) is 5.91 Å². The number of rotatable bonds is 10. The maximum Gasteiger partial charge on any atom is 0.269 e. The third-order valence-corrected chi connectivity index (χ3v) is 8.98. The average molecular weight is 592 g/mol. The Morgan fingerprint density at radius 1 is 1.15 bits per heavy atom. The summed E-state index contributed by atoms with van der Waals surface area (Å²) in [6.07, 6.45) is 1.59. The standard InChI is InChI=1S/C30H33N5O4S2/c1-6-31-23-11-9-20(19(2)36)16-24(23)32-30-35(18-22-8-7-14-38-22)28(37)27(41-30)29-34(5)25-17-21(10-12-26(25)40-29)39-15-13-33(3)4/h7-12,14,16-17,31H,6,13,15,18H2,1-5H3/b29-27-,32-30+. The highest BCUT2D eigenvalue weighted by Gasteiger charge is 2.40. The number of likely N-dealkylation sites (N-methyl/N-ethyl adjacent to an activating group) is 1. The first-order valence-corrected chi connectivity index (χ1v) is 15.0. The first-order valence-electron chi connectivity index (χ1n) is 13.3. The second kappa shape index (κ2) is 12.5. The number of nitrogens with zero attached hydrogens (tertiary/aromatic N) is 4. The van der Waals surface area contributed by atoms with Crippen molar-refractivity contribution in [3.05, 3.63) is 76.1 Å². The van der Waals surface area contributed by atoms with Gasteiger partial charge in [0.1, 0.15) is 23.0 Å². The van der Waals surface area contributed by atoms with Gasteiger partial charge < -0.3 is 24.3 Å². The zero-order valence-electron chi connectivity index (χ0n) is 23.8. The highest BCUT2D eigenvalue weighted by Crippen LogP contribution is 2.51. The van der Waals surface area contributed by atoms with Gasteiger partial charge in [-0.05, 0) is 82.2 Å². The van der Waals surface area contributed by atoms with Gasteiger partial charge in [0.15, 0.2) is 11.0 Å². The number of amidine groups is 1. The number of ketones is 1. The molecule has 1 fully saturated rings. The number of anilines is 2. The number of ether oxygens (including phenoxy) is 1. The normalized spacial score (nSPS) is 17.6. The molecule has 214 valence electrons. The number of carbonyl (C=O) groups excluding carboxylic acids is 2. The zero-order chi connectivity index (χ0) is 29.1. The molecule has 11 heteroatoms. The van der Waals surface area contributed by atoms with Gasteiger partial charge in [-0.25, -0.2) is 4.99 Å². The molecule has 0 spiro atoms. The Bertz CT molecular complexity index is 1520. The van der Waals surface area contributed by atoms with E-state index in [1.54, 1.807) is 41.1 Å². The number of nitrogens with one attached hydrogen (secondary N) is 1. The fourth-order valence-corrected chi connectivity index (χ4v) is 6.68. The summed E-state index contributed by atoms with van der Waals surface area (Å²) >= 11 is 2.89. The van der Waals surface area contributed by atoms with E-state index in [1.165, 1.54) is 18.7 Å². The number of amides is 1. The molecule has 3 aromatic rings. The lowest BCUT2D eigenvalue weighted by Gasteiger charge is -2.17. The Morgan fingerprint density at radius 3 is 2.68 bits per heavy atom. The summed E-state index contributed by atoms with van der Waals surface area (Å²) < 4.78 is 11.5. The Balaban J connectivity index is 1.51. The van der Waals surface area contributed by atoms with E-state index in [9.17, 15) is 9.59 Å². The predicted octanol–water partition coefficient (Wildman–Crippen LogP) is 6.03. The number of thioether (sulfide) groups is 2. The maximum atomic E-state index is 14.0. The van der Waals surface area contributed by atoms with Crippen LogP contribution in [0.4, 0.5) is 17.1 Å². The molecule has 41 heavy (non-hydrogen) atoms. The van der Waals surface area contributed by atoms with Crippen LogP contribution in [0.5, 0.6) is 5.75 Å². The van der Waals surface area contributed by atoms with Gasteiger partial charge in [-0.3, -0.25) is 14.5 Å². The van der Waals surface area contributed by atoms with Crippen molar-refractivity contribution >= 4 is 57.4 Å². The molecule has 0 saturated carbocycles. The molecule has 1 N–H and O–H groups in total. The molecule has 3 heterocycles. The Morgan fingerprint density at radius 2 is 1.98 bits per heavy atom. The van der Waals surface area contributed by atoms with Crippen molar-refractivity contribution in [3.8, 4) is 5.75 Å². The lowest BCUT2D eigenvalue weighted by molar-refractivity contribution is -0.122. The summed E-state index contributed by atoms with van der Waals surface area (Å²) in [7, 11) is 5.99. The van der Waals surface area contributed by atoms with Crippen molar-refractivity contribution < 1.29 is 18.7 Å². The summed E-state index contributed by atoms with van der Waals surface area (Å²) in [6.45, 7) is 5.87. The van der Waals surface area contributed by atoms with Crippen LogP contribution in [0.15, 0.2) is 79.0 Å². The summed E-state index contributed by atoms with van der Waals surface area (Å²) in [6, 6.07) is 15.1. The van der Waals surface area contributed by atoms with Crippen LogP contribution in [0.1, 0.15) is 30.0 Å². The van der Waals surface area contributed by atoms with E-state index in [2.05, 4.69) is 10.2 Å². The first-order chi connectivity index (χ1) is 19.7.